The van der Waals surface area contributed by atoms with Crippen molar-refractivity contribution in [3.8, 4) is 5.75 Å². The van der Waals surface area contributed by atoms with Crippen molar-refractivity contribution in [2.75, 3.05) is 11.1 Å². The lowest BCUT2D eigenvalue weighted by atomic mass is 10.1. The second kappa shape index (κ2) is 4.89. The minimum atomic E-state index is -0.468. The van der Waals surface area contributed by atoms with Gasteiger partial charge in [-0.25, -0.2) is 0 Å². The molecule has 4 heteroatoms. The maximum atomic E-state index is 12.3. The van der Waals surface area contributed by atoms with Gasteiger partial charge in [0.05, 0.1) is 0 Å². The first kappa shape index (κ1) is 12.5. The molecule has 0 saturated heterocycles. The topological polar surface area (TPSA) is 64.3 Å². The summed E-state index contributed by atoms with van der Waals surface area (Å²) in [6.07, 6.45) is 0.139. The highest BCUT2D eigenvalue weighted by Crippen LogP contribution is 2.29. The fourth-order valence-corrected chi connectivity index (χ4v) is 2.37. The third kappa shape index (κ3) is 2.32. The number of hydrogen-bond acceptors (Lipinski definition) is 3. The Morgan fingerprint density at radius 1 is 1.30 bits per heavy atom. The van der Waals surface area contributed by atoms with Crippen LogP contribution in [0, 0.1) is 6.92 Å². The molecule has 3 N–H and O–H groups in total. The molecular weight excluding hydrogens is 252 g/mol. The Kier molecular flexibility index (Phi) is 3.06. The molecule has 2 aromatic carbocycles. The number of ether oxygens (including phenoxy) is 1. The van der Waals surface area contributed by atoms with Gasteiger partial charge >= 0.3 is 0 Å². The summed E-state index contributed by atoms with van der Waals surface area (Å²) in [6, 6.07) is 13.1. The van der Waals surface area contributed by atoms with Crippen molar-refractivity contribution in [3.05, 3.63) is 53.6 Å². The minimum absolute atomic E-state index is 0.130. The fourth-order valence-electron chi connectivity index (χ4n) is 2.37. The van der Waals surface area contributed by atoms with E-state index < -0.39 is 6.10 Å². The smallest absolute Gasteiger partial charge is 0.265 e. The highest BCUT2D eigenvalue weighted by molar-refractivity contribution is 5.95. The second-order valence-corrected chi connectivity index (χ2v) is 4.98. The van der Waals surface area contributed by atoms with E-state index in [4.69, 9.17) is 10.5 Å². The Hall–Kier alpha value is -2.49. The van der Waals surface area contributed by atoms with Gasteiger partial charge in [-0.15, -0.1) is 0 Å². The van der Waals surface area contributed by atoms with Crippen molar-refractivity contribution in [1.29, 1.82) is 0 Å². The quantitative estimate of drug-likeness (QED) is 0.823. The standard InChI is InChI=1S/C16H16N2O2/c1-10-8-12(17)6-7-13(10)18-16(19)15-9-11-4-2-3-5-14(11)20-15/h2-8,15H,9,17H2,1H3,(H,18,19). The molecular formula is C16H16N2O2. The van der Waals surface area contributed by atoms with Gasteiger partial charge in [0.2, 0.25) is 0 Å². The Bertz CT molecular complexity index is 642. The van der Waals surface area contributed by atoms with E-state index >= 15 is 0 Å². The number of benzene rings is 2. The monoisotopic (exact) mass is 268 g/mol. The van der Waals surface area contributed by atoms with E-state index in [1.54, 1.807) is 6.07 Å². The Morgan fingerprint density at radius 2 is 2.10 bits per heavy atom. The zero-order valence-corrected chi connectivity index (χ0v) is 11.2. The molecule has 102 valence electrons. The second-order valence-electron chi connectivity index (χ2n) is 4.98. The van der Waals surface area contributed by atoms with Crippen molar-refractivity contribution in [2.24, 2.45) is 0 Å². The molecule has 1 atom stereocenters. The number of rotatable bonds is 2. The molecule has 4 nitrogen and oxygen atoms in total. The van der Waals surface area contributed by atoms with E-state index in [0.717, 1.165) is 22.6 Å². The summed E-state index contributed by atoms with van der Waals surface area (Å²) >= 11 is 0. The summed E-state index contributed by atoms with van der Waals surface area (Å²) in [6.45, 7) is 1.91. The van der Waals surface area contributed by atoms with E-state index in [-0.39, 0.29) is 5.91 Å². The molecule has 0 bridgehead atoms. The Morgan fingerprint density at radius 3 is 2.85 bits per heavy atom. The molecule has 1 aliphatic rings. The number of carbonyl (C=O) groups is 1. The van der Waals surface area contributed by atoms with Gasteiger partial charge < -0.3 is 15.8 Å². The van der Waals surface area contributed by atoms with Gasteiger partial charge in [0.15, 0.2) is 6.10 Å². The average Bonchev–Trinajstić information content (AvgIpc) is 2.86. The van der Waals surface area contributed by atoms with Gasteiger partial charge in [0.25, 0.3) is 5.91 Å². The molecule has 1 aliphatic heterocycles. The number of fused-ring (bicyclic) bond motifs is 1. The number of nitrogens with two attached hydrogens (primary N) is 1. The van der Waals surface area contributed by atoms with E-state index in [9.17, 15) is 4.79 Å². The van der Waals surface area contributed by atoms with Crippen molar-refractivity contribution >= 4 is 17.3 Å². The number of para-hydroxylation sites is 1. The summed E-state index contributed by atoms with van der Waals surface area (Å²) in [5.74, 6) is 0.663. The van der Waals surface area contributed by atoms with Crippen molar-refractivity contribution < 1.29 is 9.53 Å². The highest BCUT2D eigenvalue weighted by atomic mass is 16.5. The first-order valence-electron chi connectivity index (χ1n) is 6.55. The van der Waals surface area contributed by atoms with Crippen molar-refractivity contribution in [2.45, 2.75) is 19.4 Å². The first-order chi connectivity index (χ1) is 9.63. The van der Waals surface area contributed by atoms with Crippen molar-refractivity contribution in [1.82, 2.24) is 0 Å². The van der Waals surface area contributed by atoms with Crippen LogP contribution in [0.15, 0.2) is 42.5 Å². The van der Waals surface area contributed by atoms with Crippen LogP contribution < -0.4 is 15.8 Å². The summed E-state index contributed by atoms with van der Waals surface area (Å²) in [7, 11) is 0. The zero-order valence-electron chi connectivity index (χ0n) is 11.2. The highest BCUT2D eigenvalue weighted by Gasteiger charge is 2.28. The van der Waals surface area contributed by atoms with Gasteiger partial charge in [-0.2, -0.15) is 0 Å². The average molecular weight is 268 g/mol. The predicted molar refractivity (Wildman–Crippen MR) is 78.8 cm³/mol. The van der Waals surface area contributed by atoms with E-state index in [0.29, 0.717) is 12.1 Å². The molecule has 0 spiro atoms. The lowest BCUT2D eigenvalue weighted by molar-refractivity contribution is -0.122. The van der Waals surface area contributed by atoms with Gasteiger partial charge in [-0.3, -0.25) is 4.79 Å². The lowest BCUT2D eigenvalue weighted by Crippen LogP contribution is -2.31. The van der Waals surface area contributed by atoms with E-state index in [2.05, 4.69) is 5.32 Å². The van der Waals surface area contributed by atoms with Crippen LogP contribution in [0.25, 0.3) is 0 Å². The molecule has 1 heterocycles. The number of carbonyl (C=O) groups excluding carboxylic acids is 1. The summed E-state index contributed by atoms with van der Waals surface area (Å²) in [4.78, 5) is 12.3. The molecule has 0 saturated carbocycles. The zero-order chi connectivity index (χ0) is 14.1. The SMILES string of the molecule is Cc1cc(N)ccc1NC(=O)C1Cc2ccccc2O1. The number of hydrogen-bond donors (Lipinski definition) is 2. The van der Waals surface area contributed by atoms with Crippen LogP contribution >= 0.6 is 0 Å². The normalized spacial score (nSPS) is 16.4. The van der Waals surface area contributed by atoms with Crippen LogP contribution in [-0.2, 0) is 11.2 Å². The van der Waals surface area contributed by atoms with Crippen LogP contribution in [0.2, 0.25) is 0 Å². The number of aryl methyl sites for hydroxylation is 1. The molecule has 0 radical (unpaired) electrons. The third-order valence-electron chi connectivity index (χ3n) is 3.45. The number of nitrogens with one attached hydrogen (secondary N) is 1. The number of nitrogen functional groups attached to an aromatic ring is 1. The van der Waals surface area contributed by atoms with Crippen LogP contribution in [0.1, 0.15) is 11.1 Å². The predicted octanol–water partition coefficient (Wildman–Crippen LogP) is 2.52. The van der Waals surface area contributed by atoms with Crippen molar-refractivity contribution in [3.63, 3.8) is 0 Å². The van der Waals surface area contributed by atoms with Crippen LogP contribution in [0.4, 0.5) is 11.4 Å². The number of amides is 1. The number of anilines is 2. The Balaban J connectivity index is 1.72. The van der Waals surface area contributed by atoms with Crippen LogP contribution in [0.5, 0.6) is 5.75 Å². The van der Waals surface area contributed by atoms with Crippen LogP contribution in [-0.4, -0.2) is 12.0 Å². The van der Waals surface area contributed by atoms with E-state index in [1.807, 2.05) is 43.3 Å². The molecule has 0 aromatic heterocycles. The summed E-state index contributed by atoms with van der Waals surface area (Å²) < 4.78 is 5.67. The summed E-state index contributed by atoms with van der Waals surface area (Å²) in [5, 5.41) is 2.89. The van der Waals surface area contributed by atoms with Gasteiger partial charge in [-0.05, 0) is 42.3 Å². The molecule has 0 fully saturated rings. The first-order valence-corrected chi connectivity index (χ1v) is 6.55. The molecule has 0 aliphatic carbocycles. The largest absolute Gasteiger partial charge is 0.480 e. The van der Waals surface area contributed by atoms with E-state index in [1.165, 1.54) is 0 Å². The third-order valence-corrected chi connectivity index (χ3v) is 3.45. The Labute approximate surface area is 117 Å². The van der Waals surface area contributed by atoms with Crippen LogP contribution in [0.3, 0.4) is 0 Å². The fraction of sp³-hybridized carbons (Fsp3) is 0.188. The summed E-state index contributed by atoms with van der Waals surface area (Å²) in [5.41, 5.74) is 9.16. The molecule has 20 heavy (non-hydrogen) atoms. The molecule has 3 rings (SSSR count). The van der Waals surface area contributed by atoms with Gasteiger partial charge in [0.1, 0.15) is 5.75 Å². The molecule has 1 amide bonds. The maximum Gasteiger partial charge on any atom is 0.265 e. The minimum Gasteiger partial charge on any atom is -0.480 e. The van der Waals surface area contributed by atoms with Gasteiger partial charge in [0, 0.05) is 17.8 Å². The van der Waals surface area contributed by atoms with Gasteiger partial charge in [-0.1, -0.05) is 18.2 Å². The lowest BCUT2D eigenvalue weighted by Gasteiger charge is -2.13. The maximum absolute atomic E-state index is 12.3. The molecule has 1 unspecified atom stereocenters. The molecule has 2 aromatic rings.